The molecule has 0 radical (unpaired) electrons. The Labute approximate surface area is 156 Å². The largest absolute Gasteiger partial charge is 0.335 e. The molecule has 0 aliphatic carbocycles. The van der Waals surface area contributed by atoms with E-state index in [9.17, 15) is 13.2 Å². The molecule has 0 saturated heterocycles. The number of sulfone groups is 1. The van der Waals surface area contributed by atoms with Crippen molar-refractivity contribution in [2.24, 2.45) is 0 Å². The quantitative estimate of drug-likeness (QED) is 0.656. The summed E-state index contributed by atoms with van der Waals surface area (Å²) in [5.74, 6) is -0.0530. The highest BCUT2D eigenvalue weighted by atomic mass is 127. The van der Waals surface area contributed by atoms with Gasteiger partial charge < -0.3 is 4.90 Å². The summed E-state index contributed by atoms with van der Waals surface area (Å²) in [5.41, 5.74) is 2.64. The molecule has 0 spiro atoms. The lowest BCUT2D eigenvalue weighted by Crippen LogP contribution is -2.30. The first kappa shape index (κ1) is 18.9. The lowest BCUT2D eigenvalue weighted by atomic mass is 10.1. The van der Waals surface area contributed by atoms with Crippen LogP contribution in [0.3, 0.4) is 0 Å². The number of halogens is 1. The highest BCUT2D eigenvalue weighted by Gasteiger charge is 2.21. The molecule has 1 unspecified atom stereocenters. The Kier molecular flexibility index (Phi) is 5.70. The number of benzene rings is 2. The predicted molar refractivity (Wildman–Crippen MR) is 104 cm³/mol. The number of carbonyl (C=O) groups is 1. The van der Waals surface area contributed by atoms with Gasteiger partial charge in [0.1, 0.15) is 0 Å². The van der Waals surface area contributed by atoms with Gasteiger partial charge in [0, 0.05) is 16.9 Å². The van der Waals surface area contributed by atoms with E-state index in [4.69, 9.17) is 0 Å². The van der Waals surface area contributed by atoms with Crippen LogP contribution in [-0.2, 0) is 9.84 Å². The molecule has 1 atom stereocenters. The normalized spacial score (nSPS) is 12.7. The average molecular weight is 457 g/mol. The van der Waals surface area contributed by atoms with E-state index in [0.717, 1.165) is 14.7 Å². The molecule has 0 aromatic heterocycles. The number of amides is 1. The van der Waals surface area contributed by atoms with E-state index in [1.165, 1.54) is 6.26 Å². The molecule has 0 aliphatic rings. The van der Waals surface area contributed by atoms with Crippen LogP contribution in [0.4, 0.5) is 0 Å². The molecule has 2 aromatic rings. The van der Waals surface area contributed by atoms with E-state index < -0.39 is 9.84 Å². The lowest BCUT2D eigenvalue weighted by Gasteiger charge is -2.26. The Bertz CT molecular complexity index is 860. The van der Waals surface area contributed by atoms with E-state index in [-0.39, 0.29) is 16.8 Å². The van der Waals surface area contributed by atoms with Gasteiger partial charge in [-0.1, -0.05) is 24.3 Å². The van der Waals surface area contributed by atoms with E-state index in [1.807, 2.05) is 32.0 Å². The summed E-state index contributed by atoms with van der Waals surface area (Å²) in [5, 5.41) is 0. The van der Waals surface area contributed by atoms with Gasteiger partial charge in [0.05, 0.1) is 16.5 Å². The molecular weight excluding hydrogens is 437 g/mol. The van der Waals surface area contributed by atoms with E-state index >= 15 is 0 Å². The fraction of sp³-hybridized carbons (Fsp3) is 0.278. The van der Waals surface area contributed by atoms with E-state index in [2.05, 4.69) is 22.6 Å². The summed E-state index contributed by atoms with van der Waals surface area (Å²) in [6.07, 6.45) is 1.18. The number of nitrogens with zero attached hydrogens (tertiary/aromatic N) is 1. The summed E-state index contributed by atoms with van der Waals surface area (Å²) in [7, 11) is -1.46. The van der Waals surface area contributed by atoms with Crippen molar-refractivity contribution in [3.8, 4) is 0 Å². The molecule has 24 heavy (non-hydrogen) atoms. The summed E-state index contributed by atoms with van der Waals surface area (Å²) in [6, 6.07) is 12.2. The Hall–Kier alpha value is -1.41. The standard InChI is InChI=1S/C18H20INO3S/c1-12-6-5-7-16(17(12)19)18(21)20(3)13(2)14-8-10-15(11-9-14)24(4,22)23/h5-11,13H,1-4H3. The predicted octanol–water partition coefficient (Wildman–Crippen LogP) is 3.84. The van der Waals surface area contributed by atoms with Crippen molar-refractivity contribution in [3.05, 3.63) is 62.7 Å². The molecule has 128 valence electrons. The molecule has 6 heteroatoms. The fourth-order valence-corrected chi connectivity index (χ4v) is 3.62. The van der Waals surface area contributed by atoms with Crippen molar-refractivity contribution in [2.75, 3.05) is 13.3 Å². The summed E-state index contributed by atoms with van der Waals surface area (Å²) < 4.78 is 24.0. The Morgan fingerprint density at radius 2 is 1.71 bits per heavy atom. The van der Waals surface area contributed by atoms with Crippen LogP contribution in [-0.4, -0.2) is 32.5 Å². The first-order valence-electron chi connectivity index (χ1n) is 7.45. The third-order valence-electron chi connectivity index (χ3n) is 4.11. The molecule has 0 N–H and O–H groups in total. The van der Waals surface area contributed by atoms with Crippen molar-refractivity contribution in [2.45, 2.75) is 24.8 Å². The Morgan fingerprint density at radius 3 is 2.25 bits per heavy atom. The highest BCUT2D eigenvalue weighted by molar-refractivity contribution is 14.1. The molecule has 0 heterocycles. The van der Waals surface area contributed by atoms with Crippen LogP contribution in [0.25, 0.3) is 0 Å². The van der Waals surface area contributed by atoms with Gasteiger partial charge in [-0.25, -0.2) is 8.42 Å². The number of rotatable bonds is 4. The van der Waals surface area contributed by atoms with Crippen molar-refractivity contribution < 1.29 is 13.2 Å². The molecule has 2 aromatic carbocycles. The van der Waals surface area contributed by atoms with E-state index in [0.29, 0.717) is 5.56 Å². The second-order valence-electron chi connectivity index (χ2n) is 5.87. The van der Waals surface area contributed by atoms with Crippen LogP contribution in [0.1, 0.15) is 34.5 Å². The maximum absolute atomic E-state index is 12.8. The maximum atomic E-state index is 12.8. The Morgan fingerprint density at radius 1 is 1.12 bits per heavy atom. The summed E-state index contributed by atoms with van der Waals surface area (Å²) in [4.78, 5) is 14.7. The van der Waals surface area contributed by atoms with Crippen molar-refractivity contribution in [3.63, 3.8) is 0 Å². The second kappa shape index (κ2) is 7.23. The van der Waals surface area contributed by atoms with Crippen LogP contribution in [0.15, 0.2) is 47.4 Å². The molecular formula is C18H20INO3S. The third kappa shape index (κ3) is 3.97. The topological polar surface area (TPSA) is 54.5 Å². The van der Waals surface area contributed by atoms with Crippen LogP contribution in [0, 0.1) is 10.5 Å². The summed E-state index contributed by atoms with van der Waals surface area (Å²) in [6.45, 7) is 3.90. The van der Waals surface area contributed by atoms with Crippen molar-refractivity contribution in [1.82, 2.24) is 4.90 Å². The van der Waals surface area contributed by atoms with Crippen molar-refractivity contribution in [1.29, 1.82) is 0 Å². The van der Waals surface area contributed by atoms with Crippen LogP contribution < -0.4 is 0 Å². The van der Waals surface area contributed by atoms with Gasteiger partial charge in [-0.15, -0.1) is 0 Å². The van der Waals surface area contributed by atoms with Crippen LogP contribution in [0.2, 0.25) is 0 Å². The van der Waals surface area contributed by atoms with Gasteiger partial charge in [-0.2, -0.15) is 0 Å². The monoisotopic (exact) mass is 457 g/mol. The molecule has 0 aliphatic heterocycles. The molecule has 1 amide bonds. The third-order valence-corrected chi connectivity index (χ3v) is 6.67. The molecule has 0 bridgehead atoms. The lowest BCUT2D eigenvalue weighted by molar-refractivity contribution is 0.0741. The fourth-order valence-electron chi connectivity index (χ4n) is 2.40. The second-order valence-corrected chi connectivity index (χ2v) is 8.96. The van der Waals surface area contributed by atoms with Gasteiger partial charge in [-0.3, -0.25) is 4.79 Å². The zero-order chi connectivity index (χ0) is 18.1. The number of carbonyl (C=O) groups excluding carboxylic acids is 1. The molecule has 2 rings (SSSR count). The zero-order valence-corrected chi connectivity index (χ0v) is 17.1. The van der Waals surface area contributed by atoms with Gasteiger partial charge in [0.25, 0.3) is 5.91 Å². The summed E-state index contributed by atoms with van der Waals surface area (Å²) >= 11 is 2.19. The number of hydrogen-bond donors (Lipinski definition) is 0. The minimum atomic E-state index is -3.22. The minimum absolute atomic E-state index is 0.0530. The number of aryl methyl sites for hydroxylation is 1. The minimum Gasteiger partial charge on any atom is -0.335 e. The molecule has 0 fully saturated rings. The average Bonchev–Trinajstić information content (AvgIpc) is 2.54. The Balaban J connectivity index is 2.27. The molecule has 0 saturated carbocycles. The maximum Gasteiger partial charge on any atom is 0.255 e. The highest BCUT2D eigenvalue weighted by Crippen LogP contribution is 2.25. The molecule has 4 nitrogen and oxygen atoms in total. The van der Waals surface area contributed by atoms with Gasteiger partial charge in [0.15, 0.2) is 9.84 Å². The first-order valence-corrected chi connectivity index (χ1v) is 10.4. The SMILES string of the molecule is Cc1cccc(C(=O)N(C)C(C)c2ccc(S(C)(=O)=O)cc2)c1I. The smallest absolute Gasteiger partial charge is 0.255 e. The van der Waals surface area contributed by atoms with Crippen LogP contribution >= 0.6 is 22.6 Å². The van der Waals surface area contributed by atoms with Gasteiger partial charge in [0.2, 0.25) is 0 Å². The van der Waals surface area contributed by atoms with E-state index in [1.54, 1.807) is 36.2 Å². The van der Waals surface area contributed by atoms with Crippen molar-refractivity contribution >= 4 is 38.3 Å². The first-order chi connectivity index (χ1) is 11.1. The van der Waals surface area contributed by atoms with Gasteiger partial charge >= 0.3 is 0 Å². The van der Waals surface area contributed by atoms with Gasteiger partial charge in [-0.05, 0) is 65.8 Å². The number of hydrogen-bond acceptors (Lipinski definition) is 3. The van der Waals surface area contributed by atoms with Crippen LogP contribution in [0.5, 0.6) is 0 Å². The zero-order valence-electron chi connectivity index (χ0n) is 14.1.